The molecule has 0 bridgehead atoms. The zero-order valence-corrected chi connectivity index (χ0v) is 12.5. The highest BCUT2D eigenvalue weighted by Crippen LogP contribution is 2.23. The number of rotatable bonds is 6. The Bertz CT molecular complexity index is 642. The van der Waals surface area contributed by atoms with Gasteiger partial charge in [0, 0.05) is 37.0 Å². The van der Waals surface area contributed by atoms with E-state index in [1.54, 1.807) is 12.3 Å². The maximum Gasteiger partial charge on any atom is 0.270 e. The lowest BCUT2D eigenvalue weighted by atomic mass is 10.1. The summed E-state index contributed by atoms with van der Waals surface area (Å²) in [6.07, 6.45) is 5.14. The maximum atomic E-state index is 10.7. The monoisotopic (exact) mass is 308 g/mol. The molecule has 2 aromatic rings. The summed E-state index contributed by atoms with van der Waals surface area (Å²) in [7, 11) is 0. The summed E-state index contributed by atoms with van der Waals surface area (Å²) < 4.78 is 1.96. The molecule has 21 heavy (non-hydrogen) atoms. The van der Waals surface area contributed by atoms with Crippen LogP contribution in [-0.4, -0.2) is 20.5 Å². The Labute approximate surface area is 127 Å². The fourth-order valence-electron chi connectivity index (χ4n) is 2.01. The molecule has 0 aliphatic rings. The van der Waals surface area contributed by atoms with Crippen molar-refractivity contribution in [3.8, 4) is 0 Å². The van der Waals surface area contributed by atoms with Crippen molar-refractivity contribution >= 4 is 17.3 Å². The smallest absolute Gasteiger partial charge is 0.270 e. The summed E-state index contributed by atoms with van der Waals surface area (Å²) in [5.74, 6) is 0.888. The summed E-state index contributed by atoms with van der Waals surface area (Å²) in [5.41, 5.74) is 6.76. The highest BCUT2D eigenvalue weighted by Gasteiger charge is 2.12. The van der Waals surface area contributed by atoms with Crippen LogP contribution in [0.15, 0.2) is 30.6 Å². The molecule has 0 spiro atoms. The molecular formula is C14H17ClN4O2. The highest BCUT2D eigenvalue weighted by molar-refractivity contribution is 6.31. The molecule has 6 nitrogen and oxygen atoms in total. The van der Waals surface area contributed by atoms with Crippen LogP contribution in [0.25, 0.3) is 0 Å². The van der Waals surface area contributed by atoms with Gasteiger partial charge >= 0.3 is 0 Å². The molecule has 0 radical (unpaired) electrons. The van der Waals surface area contributed by atoms with E-state index < -0.39 is 4.92 Å². The van der Waals surface area contributed by atoms with E-state index in [1.165, 1.54) is 12.1 Å². The fraction of sp³-hybridized carbons (Fsp3) is 0.357. The van der Waals surface area contributed by atoms with E-state index in [-0.39, 0.29) is 11.7 Å². The van der Waals surface area contributed by atoms with Crippen LogP contribution >= 0.6 is 11.6 Å². The van der Waals surface area contributed by atoms with E-state index in [2.05, 4.69) is 4.98 Å². The van der Waals surface area contributed by atoms with Gasteiger partial charge < -0.3 is 10.3 Å². The number of hydrogen-bond acceptors (Lipinski definition) is 4. The SMILES string of the molecule is CCC(N)Cc1nccn1Cc1ccc([N+](=O)[O-])cc1Cl. The minimum atomic E-state index is -0.460. The second-order valence-corrected chi connectivity index (χ2v) is 5.28. The molecule has 112 valence electrons. The standard InChI is InChI=1S/C14H17ClN4O2/c1-2-11(16)7-14-17-5-6-18(14)9-10-3-4-12(19(20)21)8-13(10)15/h3-6,8,11H,2,7,9,16H2,1H3. The molecule has 0 aliphatic heterocycles. The van der Waals surface area contributed by atoms with Crippen molar-refractivity contribution in [1.29, 1.82) is 0 Å². The molecule has 1 aromatic carbocycles. The molecule has 1 unspecified atom stereocenters. The van der Waals surface area contributed by atoms with Gasteiger partial charge in [-0.3, -0.25) is 10.1 Å². The normalized spacial score (nSPS) is 12.3. The Morgan fingerprint density at radius 2 is 2.29 bits per heavy atom. The minimum absolute atomic E-state index is 0.0115. The van der Waals surface area contributed by atoms with Crippen LogP contribution < -0.4 is 5.73 Å². The van der Waals surface area contributed by atoms with Gasteiger partial charge in [-0.1, -0.05) is 18.5 Å². The number of benzene rings is 1. The van der Waals surface area contributed by atoms with Crippen LogP contribution in [-0.2, 0) is 13.0 Å². The molecule has 0 fully saturated rings. The summed E-state index contributed by atoms with van der Waals surface area (Å²) in [4.78, 5) is 14.6. The topological polar surface area (TPSA) is 87.0 Å². The van der Waals surface area contributed by atoms with Gasteiger partial charge in [0.2, 0.25) is 0 Å². The number of imidazole rings is 1. The van der Waals surface area contributed by atoms with Crippen molar-refractivity contribution in [3.05, 3.63) is 57.1 Å². The molecular weight excluding hydrogens is 292 g/mol. The number of nitro groups is 1. The van der Waals surface area contributed by atoms with Gasteiger partial charge in [-0.05, 0) is 18.1 Å². The summed E-state index contributed by atoms with van der Waals surface area (Å²) >= 11 is 6.11. The molecule has 0 saturated carbocycles. The molecule has 2 rings (SSSR count). The van der Waals surface area contributed by atoms with Crippen molar-refractivity contribution in [1.82, 2.24) is 9.55 Å². The number of halogens is 1. The lowest BCUT2D eigenvalue weighted by Gasteiger charge is -2.12. The van der Waals surface area contributed by atoms with Crippen molar-refractivity contribution < 1.29 is 4.92 Å². The van der Waals surface area contributed by atoms with Crippen LogP contribution in [0.1, 0.15) is 24.7 Å². The van der Waals surface area contributed by atoms with Gasteiger partial charge in [-0.15, -0.1) is 0 Å². The first-order chi connectivity index (χ1) is 10.0. The van der Waals surface area contributed by atoms with E-state index in [1.807, 2.05) is 17.7 Å². The summed E-state index contributed by atoms with van der Waals surface area (Å²) in [6, 6.07) is 4.56. The average Bonchev–Trinajstić information content (AvgIpc) is 2.87. The fourth-order valence-corrected chi connectivity index (χ4v) is 2.25. The maximum absolute atomic E-state index is 10.7. The predicted octanol–water partition coefficient (Wildman–Crippen LogP) is 2.77. The van der Waals surface area contributed by atoms with Crippen LogP contribution in [0.2, 0.25) is 5.02 Å². The van der Waals surface area contributed by atoms with Crippen molar-refractivity contribution in [2.45, 2.75) is 32.4 Å². The molecule has 7 heteroatoms. The van der Waals surface area contributed by atoms with Crippen molar-refractivity contribution in [2.24, 2.45) is 5.73 Å². The Morgan fingerprint density at radius 3 is 2.90 bits per heavy atom. The van der Waals surface area contributed by atoms with E-state index in [0.717, 1.165) is 17.8 Å². The molecule has 1 aromatic heterocycles. The number of nitro benzene ring substituents is 1. The quantitative estimate of drug-likeness (QED) is 0.656. The van der Waals surface area contributed by atoms with Gasteiger partial charge in [-0.25, -0.2) is 4.98 Å². The van der Waals surface area contributed by atoms with Gasteiger partial charge in [0.25, 0.3) is 5.69 Å². The predicted molar refractivity (Wildman–Crippen MR) is 81.4 cm³/mol. The molecule has 2 N–H and O–H groups in total. The van der Waals surface area contributed by atoms with Crippen molar-refractivity contribution in [3.63, 3.8) is 0 Å². The van der Waals surface area contributed by atoms with Crippen LogP contribution in [0.3, 0.4) is 0 Å². The third kappa shape index (κ3) is 3.80. The largest absolute Gasteiger partial charge is 0.330 e. The Morgan fingerprint density at radius 1 is 1.52 bits per heavy atom. The van der Waals surface area contributed by atoms with Crippen molar-refractivity contribution in [2.75, 3.05) is 0 Å². The second-order valence-electron chi connectivity index (χ2n) is 4.88. The van der Waals surface area contributed by atoms with E-state index in [9.17, 15) is 10.1 Å². The number of hydrogen-bond donors (Lipinski definition) is 1. The third-order valence-corrected chi connectivity index (χ3v) is 3.71. The first-order valence-electron chi connectivity index (χ1n) is 6.69. The van der Waals surface area contributed by atoms with E-state index >= 15 is 0 Å². The van der Waals surface area contributed by atoms with Gasteiger partial charge in [0.1, 0.15) is 5.82 Å². The van der Waals surface area contributed by atoms with E-state index in [4.69, 9.17) is 17.3 Å². The molecule has 0 amide bonds. The van der Waals surface area contributed by atoms with Gasteiger partial charge in [0.05, 0.1) is 16.5 Å². The summed E-state index contributed by atoms with van der Waals surface area (Å²) in [5, 5.41) is 11.1. The second kappa shape index (κ2) is 6.69. The van der Waals surface area contributed by atoms with Gasteiger partial charge in [-0.2, -0.15) is 0 Å². The Hall–Kier alpha value is -1.92. The lowest BCUT2D eigenvalue weighted by Crippen LogP contribution is -2.23. The average molecular weight is 309 g/mol. The number of nitrogens with zero attached hydrogens (tertiary/aromatic N) is 3. The molecule has 0 saturated heterocycles. The van der Waals surface area contributed by atoms with Crippen LogP contribution in [0.4, 0.5) is 5.69 Å². The molecule has 0 aliphatic carbocycles. The number of non-ortho nitro benzene ring substituents is 1. The lowest BCUT2D eigenvalue weighted by molar-refractivity contribution is -0.384. The molecule has 1 heterocycles. The molecule has 1 atom stereocenters. The van der Waals surface area contributed by atoms with Crippen LogP contribution in [0.5, 0.6) is 0 Å². The number of nitrogens with two attached hydrogens (primary N) is 1. The van der Waals surface area contributed by atoms with Crippen LogP contribution in [0, 0.1) is 10.1 Å². The third-order valence-electron chi connectivity index (χ3n) is 3.36. The Kier molecular flexibility index (Phi) is 4.93. The minimum Gasteiger partial charge on any atom is -0.330 e. The first kappa shape index (κ1) is 15.5. The highest BCUT2D eigenvalue weighted by atomic mass is 35.5. The number of aromatic nitrogens is 2. The zero-order chi connectivity index (χ0) is 15.4. The first-order valence-corrected chi connectivity index (χ1v) is 7.07. The van der Waals surface area contributed by atoms with Gasteiger partial charge in [0.15, 0.2) is 0 Å². The Balaban J connectivity index is 2.19. The zero-order valence-electron chi connectivity index (χ0n) is 11.7. The summed E-state index contributed by atoms with van der Waals surface area (Å²) in [6.45, 7) is 2.55. The van der Waals surface area contributed by atoms with E-state index in [0.29, 0.717) is 18.0 Å².